The third-order valence-electron chi connectivity index (χ3n) is 5.05. The number of aromatic hydroxyl groups is 1. The van der Waals surface area contributed by atoms with Crippen molar-refractivity contribution in [3.05, 3.63) is 54.0 Å². The molecule has 2 aromatic heterocycles. The summed E-state index contributed by atoms with van der Waals surface area (Å²) in [4.78, 5) is 23.5. The van der Waals surface area contributed by atoms with E-state index in [9.17, 15) is 9.90 Å². The number of piperidine rings is 1. The first-order chi connectivity index (χ1) is 13.1. The molecule has 0 atom stereocenters. The Bertz CT molecular complexity index is 960. The van der Waals surface area contributed by atoms with Gasteiger partial charge in [0.25, 0.3) is 5.91 Å². The first kappa shape index (κ1) is 17.5. The van der Waals surface area contributed by atoms with Crippen LogP contribution in [0.15, 0.2) is 42.9 Å². The molecule has 0 radical (unpaired) electrons. The van der Waals surface area contributed by atoms with Crippen LogP contribution in [0.1, 0.15) is 28.8 Å². The Balaban J connectivity index is 1.32. The fourth-order valence-electron chi connectivity index (χ4n) is 3.56. The second kappa shape index (κ2) is 7.36. The van der Waals surface area contributed by atoms with Crippen LogP contribution in [0.3, 0.4) is 0 Å². The van der Waals surface area contributed by atoms with Crippen molar-refractivity contribution in [3.8, 4) is 5.75 Å². The minimum atomic E-state index is -0.0958. The van der Waals surface area contributed by atoms with Gasteiger partial charge in [-0.15, -0.1) is 0 Å². The molecule has 27 heavy (non-hydrogen) atoms. The van der Waals surface area contributed by atoms with Gasteiger partial charge in [-0.1, -0.05) is 12.1 Å². The molecule has 7 nitrogen and oxygen atoms in total. The van der Waals surface area contributed by atoms with Gasteiger partial charge in [0, 0.05) is 38.9 Å². The van der Waals surface area contributed by atoms with Gasteiger partial charge < -0.3 is 15.0 Å². The molecular weight excluding hydrogens is 342 g/mol. The number of phenols is 1. The molecule has 3 heterocycles. The highest BCUT2D eigenvalue weighted by Crippen LogP contribution is 2.17. The maximum Gasteiger partial charge on any atom is 0.253 e. The van der Waals surface area contributed by atoms with Gasteiger partial charge in [-0.05, 0) is 36.6 Å². The summed E-state index contributed by atoms with van der Waals surface area (Å²) >= 11 is 0. The number of carbonyl (C=O) groups excluding carboxylic acids is 1. The standard InChI is InChI=1S/C20H23N5O2/c1-24-13-22-18-10-15(11-21-19(18)24)20(27)23-16-5-7-25(8-6-16)12-14-3-2-4-17(26)9-14/h2-4,9-11,13,16,26H,5-8,12H2,1H3,(H,23,27). The van der Waals surface area contributed by atoms with E-state index < -0.39 is 0 Å². The number of pyridine rings is 1. The highest BCUT2D eigenvalue weighted by molar-refractivity contribution is 5.96. The van der Waals surface area contributed by atoms with E-state index in [2.05, 4.69) is 20.2 Å². The molecule has 2 N–H and O–H groups in total. The van der Waals surface area contributed by atoms with Crippen LogP contribution in [0.4, 0.5) is 0 Å². The molecule has 1 amide bonds. The first-order valence-corrected chi connectivity index (χ1v) is 9.17. The third kappa shape index (κ3) is 3.93. The van der Waals surface area contributed by atoms with Gasteiger partial charge in [-0.3, -0.25) is 9.69 Å². The van der Waals surface area contributed by atoms with Gasteiger partial charge in [0.1, 0.15) is 11.3 Å². The van der Waals surface area contributed by atoms with Crippen molar-refractivity contribution in [2.24, 2.45) is 7.05 Å². The van der Waals surface area contributed by atoms with Gasteiger partial charge in [0.15, 0.2) is 5.65 Å². The summed E-state index contributed by atoms with van der Waals surface area (Å²) in [6.07, 6.45) is 5.12. The molecular formula is C20H23N5O2. The maximum atomic E-state index is 12.5. The number of benzene rings is 1. The van der Waals surface area contributed by atoms with Crippen LogP contribution in [0.5, 0.6) is 5.75 Å². The van der Waals surface area contributed by atoms with Gasteiger partial charge in [-0.2, -0.15) is 0 Å². The number of nitrogens with zero attached hydrogens (tertiary/aromatic N) is 4. The molecule has 4 rings (SSSR count). The minimum absolute atomic E-state index is 0.0958. The van der Waals surface area contributed by atoms with Crippen molar-refractivity contribution in [3.63, 3.8) is 0 Å². The lowest BCUT2D eigenvalue weighted by atomic mass is 10.0. The Morgan fingerprint density at radius 1 is 1.26 bits per heavy atom. The third-order valence-corrected chi connectivity index (χ3v) is 5.05. The van der Waals surface area contributed by atoms with Crippen molar-refractivity contribution in [2.45, 2.75) is 25.4 Å². The smallest absolute Gasteiger partial charge is 0.253 e. The molecule has 1 aromatic carbocycles. The number of carbonyl (C=O) groups is 1. The van der Waals surface area contributed by atoms with Crippen molar-refractivity contribution < 1.29 is 9.90 Å². The van der Waals surface area contributed by atoms with E-state index in [0.29, 0.717) is 11.3 Å². The molecule has 0 aliphatic carbocycles. The van der Waals surface area contributed by atoms with E-state index in [4.69, 9.17) is 0 Å². The number of aromatic nitrogens is 3. The van der Waals surface area contributed by atoms with Crippen LogP contribution in [0.2, 0.25) is 0 Å². The molecule has 1 aliphatic heterocycles. The summed E-state index contributed by atoms with van der Waals surface area (Å²) in [5.41, 5.74) is 3.15. The molecule has 140 valence electrons. The van der Waals surface area contributed by atoms with E-state index in [-0.39, 0.29) is 11.9 Å². The van der Waals surface area contributed by atoms with E-state index in [0.717, 1.165) is 49.2 Å². The van der Waals surface area contributed by atoms with Gasteiger partial charge in [0.2, 0.25) is 0 Å². The van der Waals surface area contributed by atoms with Crippen LogP contribution >= 0.6 is 0 Å². The minimum Gasteiger partial charge on any atom is -0.508 e. The summed E-state index contributed by atoms with van der Waals surface area (Å²) in [7, 11) is 1.88. The predicted molar refractivity (Wildman–Crippen MR) is 102 cm³/mol. The molecule has 0 spiro atoms. The predicted octanol–water partition coefficient (Wildman–Crippen LogP) is 2.07. The number of fused-ring (bicyclic) bond motifs is 1. The lowest BCUT2D eigenvalue weighted by Crippen LogP contribution is -2.44. The van der Waals surface area contributed by atoms with E-state index in [1.54, 1.807) is 30.7 Å². The maximum absolute atomic E-state index is 12.5. The number of amides is 1. The molecule has 0 bridgehead atoms. The lowest BCUT2D eigenvalue weighted by Gasteiger charge is -2.32. The molecule has 0 saturated carbocycles. The number of aryl methyl sites for hydroxylation is 1. The average Bonchev–Trinajstić information content (AvgIpc) is 3.04. The fourth-order valence-corrected chi connectivity index (χ4v) is 3.56. The zero-order chi connectivity index (χ0) is 18.8. The average molecular weight is 365 g/mol. The summed E-state index contributed by atoms with van der Waals surface area (Å²) < 4.78 is 1.83. The molecule has 1 saturated heterocycles. The zero-order valence-corrected chi connectivity index (χ0v) is 15.3. The van der Waals surface area contributed by atoms with Crippen molar-refractivity contribution in [1.82, 2.24) is 24.8 Å². The van der Waals surface area contributed by atoms with Crippen LogP contribution in [-0.2, 0) is 13.6 Å². The van der Waals surface area contributed by atoms with Gasteiger partial charge in [-0.25, -0.2) is 9.97 Å². The largest absolute Gasteiger partial charge is 0.508 e. The summed E-state index contributed by atoms with van der Waals surface area (Å²) in [6, 6.07) is 9.32. The number of imidazole rings is 1. The van der Waals surface area contributed by atoms with Crippen LogP contribution in [0.25, 0.3) is 11.2 Å². The molecule has 7 heteroatoms. The van der Waals surface area contributed by atoms with Crippen LogP contribution in [0, 0.1) is 0 Å². The Hall–Kier alpha value is -2.93. The Labute approximate surface area is 157 Å². The molecule has 1 aliphatic rings. The highest BCUT2D eigenvalue weighted by atomic mass is 16.3. The topological polar surface area (TPSA) is 83.3 Å². The normalized spacial score (nSPS) is 15.9. The monoisotopic (exact) mass is 365 g/mol. The van der Waals surface area contributed by atoms with E-state index in [1.807, 2.05) is 23.7 Å². The summed E-state index contributed by atoms with van der Waals surface area (Å²) in [6.45, 7) is 2.64. The quantitative estimate of drug-likeness (QED) is 0.740. The lowest BCUT2D eigenvalue weighted by molar-refractivity contribution is 0.0908. The fraction of sp³-hybridized carbons (Fsp3) is 0.350. The Morgan fingerprint density at radius 2 is 2.07 bits per heavy atom. The second-order valence-electron chi connectivity index (χ2n) is 7.12. The number of phenolic OH excluding ortho intramolecular Hbond substituents is 1. The molecule has 3 aromatic rings. The Kier molecular flexibility index (Phi) is 4.77. The number of nitrogens with one attached hydrogen (secondary N) is 1. The summed E-state index contributed by atoms with van der Waals surface area (Å²) in [5.74, 6) is 0.203. The number of rotatable bonds is 4. The number of hydrogen-bond acceptors (Lipinski definition) is 5. The SMILES string of the molecule is Cn1cnc2cc(C(=O)NC3CCN(Cc4cccc(O)c4)CC3)cnc21. The summed E-state index contributed by atoms with van der Waals surface area (Å²) in [5, 5.41) is 12.7. The van der Waals surface area contributed by atoms with Crippen molar-refractivity contribution >= 4 is 17.1 Å². The van der Waals surface area contributed by atoms with Gasteiger partial charge in [0.05, 0.1) is 11.9 Å². The van der Waals surface area contributed by atoms with Crippen LogP contribution in [-0.4, -0.2) is 49.6 Å². The Morgan fingerprint density at radius 3 is 2.85 bits per heavy atom. The molecule has 1 fully saturated rings. The van der Waals surface area contributed by atoms with E-state index >= 15 is 0 Å². The van der Waals surface area contributed by atoms with Crippen molar-refractivity contribution in [1.29, 1.82) is 0 Å². The first-order valence-electron chi connectivity index (χ1n) is 9.17. The second-order valence-corrected chi connectivity index (χ2v) is 7.12. The zero-order valence-electron chi connectivity index (χ0n) is 15.3. The van der Waals surface area contributed by atoms with Gasteiger partial charge >= 0.3 is 0 Å². The number of hydrogen-bond donors (Lipinski definition) is 2. The van der Waals surface area contributed by atoms with E-state index in [1.165, 1.54) is 0 Å². The van der Waals surface area contributed by atoms with Crippen molar-refractivity contribution in [2.75, 3.05) is 13.1 Å². The van der Waals surface area contributed by atoms with Crippen LogP contribution < -0.4 is 5.32 Å². The number of likely N-dealkylation sites (tertiary alicyclic amines) is 1. The molecule has 0 unspecified atom stereocenters. The highest BCUT2D eigenvalue weighted by Gasteiger charge is 2.21.